The molecular formula is C14H14N6O2. The quantitative estimate of drug-likeness (QED) is 0.585. The summed E-state index contributed by atoms with van der Waals surface area (Å²) in [4.78, 5) is 33.2. The number of rotatable bonds is 3. The Hall–Kier alpha value is -2.90. The molecule has 1 aliphatic rings. The first-order valence-corrected chi connectivity index (χ1v) is 7.14. The molecule has 0 unspecified atom stereocenters. The van der Waals surface area contributed by atoms with Gasteiger partial charge in [-0.15, -0.1) is 0 Å². The van der Waals surface area contributed by atoms with Crippen LogP contribution in [-0.4, -0.2) is 31.1 Å². The second kappa shape index (κ2) is 4.83. The summed E-state index contributed by atoms with van der Waals surface area (Å²) in [5.41, 5.74) is 2.14. The molecule has 0 bridgehead atoms. The van der Waals surface area contributed by atoms with E-state index in [1.54, 1.807) is 12.3 Å². The Morgan fingerprint density at radius 1 is 1.32 bits per heavy atom. The third kappa shape index (κ3) is 2.00. The number of carbonyl (C=O) groups is 1. The molecule has 1 saturated carbocycles. The molecule has 0 atom stereocenters. The Kier molecular flexibility index (Phi) is 2.81. The number of H-pyrrole nitrogens is 3. The minimum absolute atomic E-state index is 0.304. The van der Waals surface area contributed by atoms with Crippen LogP contribution >= 0.6 is 0 Å². The van der Waals surface area contributed by atoms with Crippen molar-refractivity contribution in [2.24, 2.45) is 0 Å². The molecule has 112 valence electrons. The third-order valence-corrected chi connectivity index (χ3v) is 4.11. The van der Waals surface area contributed by atoms with Crippen molar-refractivity contribution in [2.75, 3.05) is 5.32 Å². The van der Waals surface area contributed by atoms with E-state index in [4.69, 9.17) is 0 Å². The first kappa shape index (κ1) is 12.8. The van der Waals surface area contributed by atoms with E-state index in [-0.39, 0.29) is 11.6 Å². The second-order valence-corrected chi connectivity index (χ2v) is 5.44. The van der Waals surface area contributed by atoms with Crippen LogP contribution in [0.5, 0.6) is 0 Å². The van der Waals surface area contributed by atoms with E-state index in [1.807, 2.05) is 0 Å². The van der Waals surface area contributed by atoms with Crippen molar-refractivity contribution in [1.82, 2.24) is 25.1 Å². The van der Waals surface area contributed by atoms with Gasteiger partial charge in [-0.25, -0.2) is 9.78 Å². The molecule has 3 aromatic rings. The number of hydrogen-bond acceptors (Lipinski definition) is 4. The van der Waals surface area contributed by atoms with E-state index in [2.05, 4.69) is 30.5 Å². The molecule has 22 heavy (non-hydrogen) atoms. The smallest absolute Gasteiger partial charge is 0.306 e. The largest absolute Gasteiger partial charge is 0.323 e. The second-order valence-electron chi connectivity index (χ2n) is 5.44. The Balaban J connectivity index is 1.66. The fraction of sp³-hybridized carbons (Fsp3) is 0.286. The summed E-state index contributed by atoms with van der Waals surface area (Å²) in [5.74, 6) is 0.409. The number of aromatic nitrogens is 5. The van der Waals surface area contributed by atoms with Gasteiger partial charge in [0.05, 0.1) is 11.7 Å². The number of pyridine rings is 1. The van der Waals surface area contributed by atoms with Crippen molar-refractivity contribution in [3.63, 3.8) is 0 Å². The molecule has 0 radical (unpaired) electrons. The monoisotopic (exact) mass is 298 g/mol. The van der Waals surface area contributed by atoms with Crippen molar-refractivity contribution in [1.29, 1.82) is 0 Å². The van der Waals surface area contributed by atoms with Crippen LogP contribution in [0.25, 0.3) is 11.0 Å². The van der Waals surface area contributed by atoms with Crippen LogP contribution in [0.2, 0.25) is 0 Å². The Morgan fingerprint density at radius 2 is 2.18 bits per heavy atom. The van der Waals surface area contributed by atoms with Crippen LogP contribution in [0, 0.1) is 0 Å². The molecule has 4 rings (SSSR count). The molecule has 3 aromatic heterocycles. The van der Waals surface area contributed by atoms with Crippen molar-refractivity contribution >= 4 is 22.8 Å². The predicted octanol–water partition coefficient (Wildman–Crippen LogP) is 1.49. The zero-order valence-corrected chi connectivity index (χ0v) is 11.6. The molecule has 8 heteroatoms. The number of anilines is 1. The number of fused-ring (bicyclic) bond motifs is 1. The lowest BCUT2D eigenvalue weighted by molar-refractivity contribution is 0.102. The van der Waals surface area contributed by atoms with Gasteiger partial charge < -0.3 is 15.3 Å². The van der Waals surface area contributed by atoms with E-state index in [9.17, 15) is 9.59 Å². The van der Waals surface area contributed by atoms with Gasteiger partial charge in [0.1, 0.15) is 11.2 Å². The van der Waals surface area contributed by atoms with Gasteiger partial charge in [-0.1, -0.05) is 6.42 Å². The predicted molar refractivity (Wildman–Crippen MR) is 79.8 cm³/mol. The average Bonchev–Trinajstić information content (AvgIpc) is 3.03. The van der Waals surface area contributed by atoms with Crippen LogP contribution in [0.1, 0.15) is 41.2 Å². The molecule has 0 aliphatic heterocycles. The lowest BCUT2D eigenvalue weighted by atomic mass is 9.80. The van der Waals surface area contributed by atoms with Gasteiger partial charge in [0.15, 0.2) is 5.82 Å². The lowest BCUT2D eigenvalue weighted by Crippen LogP contribution is -2.18. The standard InChI is InChI=1S/C14H14N6O2/c21-13(10-8(6-16-20-10)7-2-1-3-7)19-12-11-9(4-5-15-12)17-14(22)18-11/h4-7H,1-3H2,(H,16,20)(H,15,19,21)(H2,17,18,22). The zero-order valence-electron chi connectivity index (χ0n) is 11.6. The highest BCUT2D eigenvalue weighted by atomic mass is 16.2. The maximum atomic E-state index is 12.5. The maximum absolute atomic E-state index is 12.5. The molecule has 1 aliphatic carbocycles. The summed E-state index contributed by atoms with van der Waals surface area (Å²) >= 11 is 0. The molecule has 0 aromatic carbocycles. The molecule has 0 saturated heterocycles. The molecular weight excluding hydrogens is 284 g/mol. The van der Waals surface area contributed by atoms with Crippen molar-refractivity contribution in [3.8, 4) is 0 Å². The van der Waals surface area contributed by atoms with Crippen LogP contribution in [0.3, 0.4) is 0 Å². The van der Waals surface area contributed by atoms with Gasteiger partial charge >= 0.3 is 5.69 Å². The summed E-state index contributed by atoms with van der Waals surface area (Å²) in [6, 6.07) is 1.67. The highest BCUT2D eigenvalue weighted by Gasteiger charge is 2.26. The number of nitrogens with one attached hydrogen (secondary N) is 4. The van der Waals surface area contributed by atoms with Gasteiger partial charge in [-0.2, -0.15) is 5.10 Å². The first-order chi connectivity index (χ1) is 10.7. The number of imidazole rings is 1. The normalized spacial score (nSPS) is 14.9. The number of aromatic amines is 3. The molecule has 8 nitrogen and oxygen atoms in total. The van der Waals surface area contributed by atoms with Crippen LogP contribution in [-0.2, 0) is 0 Å². The van der Waals surface area contributed by atoms with Gasteiger partial charge in [0.2, 0.25) is 0 Å². The van der Waals surface area contributed by atoms with E-state index in [1.165, 1.54) is 12.6 Å². The van der Waals surface area contributed by atoms with Crippen LogP contribution < -0.4 is 11.0 Å². The van der Waals surface area contributed by atoms with Gasteiger partial charge in [-0.3, -0.25) is 9.89 Å². The Labute approximate surface area is 124 Å². The van der Waals surface area contributed by atoms with Gasteiger partial charge in [0.25, 0.3) is 5.91 Å². The van der Waals surface area contributed by atoms with Crippen molar-refractivity contribution in [3.05, 3.63) is 40.2 Å². The fourth-order valence-electron chi connectivity index (χ4n) is 2.73. The summed E-state index contributed by atoms with van der Waals surface area (Å²) < 4.78 is 0. The topological polar surface area (TPSA) is 119 Å². The molecule has 1 amide bonds. The number of nitrogens with zero attached hydrogens (tertiary/aromatic N) is 2. The average molecular weight is 298 g/mol. The van der Waals surface area contributed by atoms with E-state index in [0.29, 0.717) is 28.5 Å². The highest BCUT2D eigenvalue weighted by molar-refractivity contribution is 6.06. The van der Waals surface area contributed by atoms with E-state index < -0.39 is 0 Å². The fourth-order valence-corrected chi connectivity index (χ4v) is 2.73. The highest BCUT2D eigenvalue weighted by Crippen LogP contribution is 2.37. The molecule has 1 fully saturated rings. The SMILES string of the molecule is O=C(Nc1nccc2[nH]c(=O)[nH]c12)c1[nH]ncc1C1CCC1. The Bertz CT molecular complexity index is 901. The number of carbonyl (C=O) groups excluding carboxylic acids is 1. The summed E-state index contributed by atoms with van der Waals surface area (Å²) in [6.45, 7) is 0. The summed E-state index contributed by atoms with van der Waals surface area (Å²) in [7, 11) is 0. The van der Waals surface area contributed by atoms with Crippen LogP contribution in [0.15, 0.2) is 23.3 Å². The minimum Gasteiger partial charge on any atom is -0.306 e. The first-order valence-electron chi connectivity index (χ1n) is 7.14. The number of hydrogen-bond donors (Lipinski definition) is 4. The lowest BCUT2D eigenvalue weighted by Gasteiger charge is -2.24. The summed E-state index contributed by atoms with van der Waals surface area (Å²) in [5, 5.41) is 9.48. The molecule has 3 heterocycles. The molecule has 4 N–H and O–H groups in total. The minimum atomic E-state index is -0.338. The number of amides is 1. The van der Waals surface area contributed by atoms with Gasteiger partial charge in [0, 0.05) is 11.8 Å². The van der Waals surface area contributed by atoms with E-state index >= 15 is 0 Å². The van der Waals surface area contributed by atoms with Crippen LogP contribution in [0.4, 0.5) is 5.82 Å². The third-order valence-electron chi connectivity index (χ3n) is 4.11. The zero-order chi connectivity index (χ0) is 15.1. The molecule has 0 spiro atoms. The summed E-state index contributed by atoms with van der Waals surface area (Å²) in [6.07, 6.45) is 6.59. The van der Waals surface area contributed by atoms with E-state index in [0.717, 1.165) is 18.4 Å². The van der Waals surface area contributed by atoms with Crippen molar-refractivity contribution < 1.29 is 4.79 Å². The maximum Gasteiger partial charge on any atom is 0.323 e. The van der Waals surface area contributed by atoms with Crippen molar-refractivity contribution in [2.45, 2.75) is 25.2 Å². The Morgan fingerprint density at radius 3 is 2.95 bits per heavy atom. The van der Waals surface area contributed by atoms with Gasteiger partial charge in [-0.05, 0) is 24.8 Å².